The minimum absolute atomic E-state index is 0.0507. The molecule has 1 amide bonds. The molecule has 3 rings (SSSR count). The molecule has 1 heterocycles. The Bertz CT molecular complexity index is 1010. The summed E-state index contributed by atoms with van der Waals surface area (Å²) in [6.07, 6.45) is 1.08. The first-order valence-electron chi connectivity index (χ1n) is 9.01. The van der Waals surface area contributed by atoms with Crippen molar-refractivity contribution in [1.29, 1.82) is 0 Å². The Morgan fingerprint density at radius 3 is 2.62 bits per heavy atom. The molecule has 9 nitrogen and oxygen atoms in total. The minimum Gasteiger partial charge on any atom is -0.497 e. The molecule has 29 heavy (non-hydrogen) atoms. The van der Waals surface area contributed by atoms with Gasteiger partial charge in [-0.1, -0.05) is 6.07 Å². The van der Waals surface area contributed by atoms with E-state index in [0.717, 1.165) is 0 Å². The Morgan fingerprint density at radius 2 is 1.97 bits per heavy atom. The molecule has 10 heteroatoms. The van der Waals surface area contributed by atoms with Crippen LogP contribution in [0.4, 0.5) is 11.4 Å². The molecule has 2 aromatic carbocycles. The van der Waals surface area contributed by atoms with Gasteiger partial charge in [0.05, 0.1) is 22.8 Å². The summed E-state index contributed by atoms with van der Waals surface area (Å²) in [6, 6.07) is 11.7. The molecule has 1 N–H and O–H groups in total. The van der Waals surface area contributed by atoms with E-state index in [1.54, 1.807) is 18.2 Å². The van der Waals surface area contributed by atoms with E-state index in [2.05, 4.69) is 5.32 Å². The zero-order chi connectivity index (χ0) is 21.0. The third kappa shape index (κ3) is 4.72. The summed E-state index contributed by atoms with van der Waals surface area (Å²) in [6.45, 7) is 0.379. The number of rotatable bonds is 6. The third-order valence-corrected chi connectivity index (χ3v) is 6.66. The van der Waals surface area contributed by atoms with Crippen molar-refractivity contribution in [1.82, 2.24) is 4.31 Å². The van der Waals surface area contributed by atoms with Gasteiger partial charge in [-0.15, -0.1) is 0 Å². The Morgan fingerprint density at radius 1 is 1.24 bits per heavy atom. The number of methoxy groups -OCH3 is 1. The lowest BCUT2D eigenvalue weighted by Crippen LogP contribution is -2.43. The lowest BCUT2D eigenvalue weighted by atomic mass is 9.98. The molecule has 0 unspecified atom stereocenters. The highest BCUT2D eigenvalue weighted by atomic mass is 32.2. The maximum Gasteiger partial charge on any atom is 0.271 e. The van der Waals surface area contributed by atoms with Gasteiger partial charge >= 0.3 is 0 Å². The molecule has 0 radical (unpaired) electrons. The number of piperidine rings is 1. The Kier molecular flexibility index (Phi) is 6.14. The van der Waals surface area contributed by atoms with Gasteiger partial charge in [0.2, 0.25) is 15.9 Å². The molecule has 1 aliphatic rings. The first-order valence-corrected chi connectivity index (χ1v) is 10.4. The molecular formula is C19H21N3O6S. The van der Waals surface area contributed by atoms with Crippen molar-refractivity contribution in [3.05, 3.63) is 58.6 Å². The standard InChI is InChI=1S/C19H21N3O6S/c1-28-17-7-9-18(10-8-17)29(26,27)21-11-3-4-14(13-21)19(23)20-15-5-2-6-16(12-15)22(24)25/h2,5-10,12,14H,3-4,11,13H2,1H3,(H,20,23)/t14-/m1/s1. The van der Waals surface area contributed by atoms with Crippen molar-refractivity contribution in [2.75, 3.05) is 25.5 Å². The number of hydrogen-bond acceptors (Lipinski definition) is 6. The lowest BCUT2D eigenvalue weighted by Gasteiger charge is -2.31. The quantitative estimate of drug-likeness (QED) is 0.568. The van der Waals surface area contributed by atoms with E-state index < -0.39 is 20.9 Å². The average molecular weight is 419 g/mol. The monoisotopic (exact) mass is 419 g/mol. The van der Waals surface area contributed by atoms with Crippen LogP contribution in [0.5, 0.6) is 5.75 Å². The predicted molar refractivity (Wildman–Crippen MR) is 106 cm³/mol. The van der Waals surface area contributed by atoms with Crippen LogP contribution in [0.15, 0.2) is 53.4 Å². The number of nitrogens with one attached hydrogen (secondary N) is 1. The predicted octanol–water partition coefficient (Wildman–Crippen LogP) is 2.64. The molecule has 1 aliphatic heterocycles. The number of nitro groups is 1. The van der Waals surface area contributed by atoms with Crippen LogP contribution in [0, 0.1) is 16.0 Å². The molecular weight excluding hydrogens is 398 g/mol. The number of nitro benzene ring substituents is 1. The summed E-state index contributed by atoms with van der Waals surface area (Å²) in [4.78, 5) is 23.1. The fourth-order valence-electron chi connectivity index (χ4n) is 3.21. The van der Waals surface area contributed by atoms with Gasteiger partial charge < -0.3 is 10.1 Å². The van der Waals surface area contributed by atoms with Crippen molar-refractivity contribution >= 4 is 27.3 Å². The van der Waals surface area contributed by atoms with Gasteiger partial charge in [0, 0.05) is 30.9 Å². The summed E-state index contributed by atoms with van der Waals surface area (Å²) in [5.41, 5.74) is 0.175. The van der Waals surface area contributed by atoms with Gasteiger partial charge in [0.25, 0.3) is 5.69 Å². The fraction of sp³-hybridized carbons (Fsp3) is 0.316. The minimum atomic E-state index is -3.74. The summed E-state index contributed by atoms with van der Waals surface area (Å²) in [5, 5.41) is 13.5. The summed E-state index contributed by atoms with van der Waals surface area (Å²) in [5.74, 6) is -0.354. The largest absolute Gasteiger partial charge is 0.497 e. The van der Waals surface area contributed by atoms with E-state index in [1.807, 2.05) is 0 Å². The van der Waals surface area contributed by atoms with Gasteiger partial charge in [-0.25, -0.2) is 8.42 Å². The molecule has 1 atom stereocenters. The normalized spacial score (nSPS) is 17.5. The third-order valence-electron chi connectivity index (χ3n) is 4.78. The Balaban J connectivity index is 1.71. The Hall–Kier alpha value is -2.98. The summed E-state index contributed by atoms with van der Waals surface area (Å²) < 4.78 is 32.2. The fourth-order valence-corrected chi connectivity index (χ4v) is 4.74. The zero-order valence-electron chi connectivity index (χ0n) is 15.8. The summed E-state index contributed by atoms with van der Waals surface area (Å²) >= 11 is 0. The first-order chi connectivity index (χ1) is 13.8. The first kappa shape index (κ1) is 20.7. The molecule has 0 aromatic heterocycles. The molecule has 1 fully saturated rings. The number of anilines is 1. The van der Waals surface area contributed by atoms with E-state index in [-0.39, 0.29) is 23.0 Å². The number of carbonyl (C=O) groups is 1. The second-order valence-corrected chi connectivity index (χ2v) is 8.61. The van der Waals surface area contributed by atoms with Crippen molar-refractivity contribution in [3.8, 4) is 5.75 Å². The van der Waals surface area contributed by atoms with Crippen molar-refractivity contribution in [3.63, 3.8) is 0 Å². The van der Waals surface area contributed by atoms with Crippen LogP contribution in [-0.4, -0.2) is 43.8 Å². The van der Waals surface area contributed by atoms with Crippen LogP contribution in [0.1, 0.15) is 12.8 Å². The highest BCUT2D eigenvalue weighted by molar-refractivity contribution is 7.89. The molecule has 1 saturated heterocycles. The molecule has 2 aromatic rings. The van der Waals surface area contributed by atoms with Gasteiger partial charge in [-0.2, -0.15) is 4.31 Å². The van der Waals surface area contributed by atoms with E-state index >= 15 is 0 Å². The lowest BCUT2D eigenvalue weighted by molar-refractivity contribution is -0.384. The maximum absolute atomic E-state index is 12.9. The second-order valence-electron chi connectivity index (χ2n) is 6.67. The number of amides is 1. The Labute approximate surface area is 168 Å². The average Bonchev–Trinajstić information content (AvgIpc) is 2.74. The maximum atomic E-state index is 12.9. The van der Waals surface area contributed by atoms with Crippen LogP contribution < -0.4 is 10.1 Å². The number of benzene rings is 2. The van der Waals surface area contributed by atoms with E-state index in [9.17, 15) is 23.3 Å². The van der Waals surface area contributed by atoms with Crippen molar-refractivity contribution < 1.29 is 22.9 Å². The molecule has 154 valence electrons. The molecule has 0 spiro atoms. The molecule has 0 bridgehead atoms. The van der Waals surface area contributed by atoms with Crippen LogP contribution in [-0.2, 0) is 14.8 Å². The van der Waals surface area contributed by atoms with E-state index in [4.69, 9.17) is 4.74 Å². The number of non-ortho nitro benzene ring substituents is 1. The van der Waals surface area contributed by atoms with E-state index in [0.29, 0.717) is 30.8 Å². The van der Waals surface area contributed by atoms with Crippen LogP contribution in [0.25, 0.3) is 0 Å². The van der Waals surface area contributed by atoms with Crippen molar-refractivity contribution in [2.45, 2.75) is 17.7 Å². The highest BCUT2D eigenvalue weighted by Crippen LogP contribution is 2.26. The number of carbonyl (C=O) groups excluding carboxylic acids is 1. The van der Waals surface area contributed by atoms with Crippen LogP contribution in [0.3, 0.4) is 0 Å². The van der Waals surface area contributed by atoms with Crippen LogP contribution >= 0.6 is 0 Å². The molecule has 0 saturated carbocycles. The summed E-state index contributed by atoms with van der Waals surface area (Å²) in [7, 11) is -2.24. The number of ether oxygens (including phenoxy) is 1. The molecule has 0 aliphatic carbocycles. The number of sulfonamides is 1. The number of nitrogens with zero attached hydrogens (tertiary/aromatic N) is 2. The van der Waals surface area contributed by atoms with Gasteiger partial charge in [0.15, 0.2) is 0 Å². The SMILES string of the molecule is COc1ccc(S(=O)(=O)N2CCC[C@@H](C(=O)Nc3cccc([N+](=O)[O-])c3)C2)cc1. The highest BCUT2D eigenvalue weighted by Gasteiger charge is 2.33. The van der Waals surface area contributed by atoms with Crippen LogP contribution in [0.2, 0.25) is 0 Å². The zero-order valence-corrected chi connectivity index (χ0v) is 16.6. The number of hydrogen-bond donors (Lipinski definition) is 1. The second kappa shape index (κ2) is 8.58. The van der Waals surface area contributed by atoms with E-state index in [1.165, 1.54) is 41.7 Å². The van der Waals surface area contributed by atoms with Gasteiger partial charge in [0.1, 0.15) is 5.75 Å². The topological polar surface area (TPSA) is 119 Å². The van der Waals surface area contributed by atoms with Gasteiger partial charge in [-0.05, 0) is 43.2 Å². The smallest absolute Gasteiger partial charge is 0.271 e. The van der Waals surface area contributed by atoms with Gasteiger partial charge in [-0.3, -0.25) is 14.9 Å². The van der Waals surface area contributed by atoms with Crippen molar-refractivity contribution in [2.24, 2.45) is 5.92 Å².